The summed E-state index contributed by atoms with van der Waals surface area (Å²) in [5.74, 6) is -4.74. The fourth-order valence-corrected chi connectivity index (χ4v) is 2.92. The third kappa shape index (κ3) is 10.2. The number of nitrogens with two attached hydrogens (primary N) is 1. The molecular formula is C17H30N4O7S2. The van der Waals surface area contributed by atoms with E-state index in [1.54, 1.807) is 20.1 Å². The fourth-order valence-electron chi connectivity index (χ4n) is 2.19. The van der Waals surface area contributed by atoms with E-state index in [1.807, 2.05) is 0 Å². The average Bonchev–Trinajstić information content (AvgIpc) is 2.66. The Bertz CT molecular complexity index is 633. The van der Waals surface area contributed by atoms with Crippen LogP contribution in [0.1, 0.15) is 26.7 Å². The summed E-state index contributed by atoms with van der Waals surface area (Å²) in [5.41, 5.74) is 5.76. The molecule has 11 nitrogen and oxygen atoms in total. The Morgan fingerprint density at radius 1 is 0.933 bits per heavy atom. The van der Waals surface area contributed by atoms with Gasteiger partial charge in [-0.25, -0.2) is 4.79 Å². The van der Waals surface area contributed by atoms with Crippen molar-refractivity contribution in [2.45, 2.75) is 50.9 Å². The maximum Gasteiger partial charge on any atom is 0.326 e. The number of hydrogen-bond acceptors (Lipinski definition) is 8. The lowest BCUT2D eigenvalue weighted by molar-refractivity contribution is -0.147. The standard InChI is InChI=1S/C17H30N4O7S2/c1-8(2)13(18)16(26)21-11(7-29)15(25)19-9(4-5-30-3)14(24)20-10(17(27)28)6-12(22)23/h8-11,13,29H,4-7,18H2,1-3H3,(H,19,25)(H,20,24)(H,21,26)(H,22,23)(H,27,28). The zero-order valence-electron chi connectivity index (χ0n) is 17.1. The zero-order valence-corrected chi connectivity index (χ0v) is 18.8. The van der Waals surface area contributed by atoms with Crippen LogP contribution in [0.2, 0.25) is 0 Å². The maximum atomic E-state index is 12.6. The molecule has 0 rings (SSSR count). The number of nitrogens with one attached hydrogen (secondary N) is 3. The molecule has 0 aromatic rings. The molecule has 0 aliphatic heterocycles. The van der Waals surface area contributed by atoms with Crippen molar-refractivity contribution in [3.05, 3.63) is 0 Å². The molecule has 0 spiro atoms. The van der Waals surface area contributed by atoms with Crippen molar-refractivity contribution in [3.63, 3.8) is 0 Å². The minimum absolute atomic E-state index is 0.0595. The number of thiol groups is 1. The van der Waals surface area contributed by atoms with Gasteiger partial charge in [-0.2, -0.15) is 24.4 Å². The van der Waals surface area contributed by atoms with E-state index in [2.05, 4.69) is 28.6 Å². The third-order valence-electron chi connectivity index (χ3n) is 4.07. The molecule has 4 atom stereocenters. The van der Waals surface area contributed by atoms with Gasteiger partial charge in [0.1, 0.15) is 18.1 Å². The van der Waals surface area contributed by atoms with Gasteiger partial charge in [0.05, 0.1) is 12.5 Å². The first kappa shape index (κ1) is 28.0. The highest BCUT2D eigenvalue weighted by Gasteiger charge is 2.30. The Balaban J connectivity index is 5.25. The smallest absolute Gasteiger partial charge is 0.326 e. The van der Waals surface area contributed by atoms with Crippen molar-refractivity contribution in [2.75, 3.05) is 17.8 Å². The van der Waals surface area contributed by atoms with Gasteiger partial charge in [0, 0.05) is 5.75 Å². The highest BCUT2D eigenvalue weighted by molar-refractivity contribution is 7.98. The van der Waals surface area contributed by atoms with Crippen LogP contribution in [0.15, 0.2) is 0 Å². The van der Waals surface area contributed by atoms with Crippen LogP contribution in [0.3, 0.4) is 0 Å². The number of thioether (sulfide) groups is 1. The maximum absolute atomic E-state index is 12.6. The van der Waals surface area contributed by atoms with Crippen LogP contribution in [0.4, 0.5) is 0 Å². The molecule has 0 heterocycles. The molecule has 0 fully saturated rings. The van der Waals surface area contributed by atoms with E-state index in [0.29, 0.717) is 5.75 Å². The molecular weight excluding hydrogens is 436 g/mol. The number of hydrogen-bond donors (Lipinski definition) is 7. The molecule has 13 heteroatoms. The normalized spacial score (nSPS) is 14.9. The SMILES string of the molecule is CSCCC(NC(=O)C(CS)NC(=O)C(N)C(C)C)C(=O)NC(CC(=O)O)C(=O)O. The predicted molar refractivity (Wildman–Crippen MR) is 115 cm³/mol. The number of carbonyl (C=O) groups is 5. The topological polar surface area (TPSA) is 188 Å². The van der Waals surface area contributed by atoms with Gasteiger partial charge in [-0.15, -0.1) is 0 Å². The molecule has 0 saturated carbocycles. The van der Waals surface area contributed by atoms with Gasteiger partial charge in [0.25, 0.3) is 0 Å². The van der Waals surface area contributed by atoms with E-state index in [0.717, 1.165) is 0 Å². The van der Waals surface area contributed by atoms with E-state index >= 15 is 0 Å². The summed E-state index contributed by atoms with van der Waals surface area (Å²) >= 11 is 5.45. The van der Waals surface area contributed by atoms with Crippen molar-refractivity contribution in [1.29, 1.82) is 0 Å². The summed E-state index contributed by atoms with van der Waals surface area (Å²) < 4.78 is 0. The van der Waals surface area contributed by atoms with Crippen LogP contribution in [-0.4, -0.2) is 81.8 Å². The van der Waals surface area contributed by atoms with Crippen LogP contribution in [0.25, 0.3) is 0 Å². The molecule has 0 bridgehead atoms. The van der Waals surface area contributed by atoms with Gasteiger partial charge >= 0.3 is 11.9 Å². The Kier molecular flexibility index (Phi) is 13.2. The first-order valence-corrected chi connectivity index (χ1v) is 11.2. The minimum atomic E-state index is -1.65. The molecule has 3 amide bonds. The Labute approximate surface area is 184 Å². The second-order valence-electron chi connectivity index (χ2n) is 6.85. The van der Waals surface area contributed by atoms with Gasteiger partial charge in [-0.05, 0) is 24.3 Å². The zero-order chi connectivity index (χ0) is 23.4. The Morgan fingerprint density at radius 3 is 1.87 bits per heavy atom. The summed E-state index contributed by atoms with van der Waals surface area (Å²) in [5, 5.41) is 25.0. The van der Waals surface area contributed by atoms with Crippen molar-refractivity contribution in [3.8, 4) is 0 Å². The van der Waals surface area contributed by atoms with Crippen LogP contribution >= 0.6 is 24.4 Å². The fraction of sp³-hybridized carbons (Fsp3) is 0.706. The summed E-state index contributed by atoms with van der Waals surface area (Å²) in [7, 11) is 0. The highest BCUT2D eigenvalue weighted by atomic mass is 32.2. The first-order chi connectivity index (χ1) is 13.9. The second kappa shape index (κ2) is 14.1. The van der Waals surface area contributed by atoms with E-state index in [-0.39, 0.29) is 18.1 Å². The van der Waals surface area contributed by atoms with Gasteiger partial charge in [0.15, 0.2) is 0 Å². The molecule has 172 valence electrons. The van der Waals surface area contributed by atoms with Crippen molar-refractivity contribution in [2.24, 2.45) is 11.7 Å². The number of rotatable bonds is 14. The third-order valence-corrected chi connectivity index (χ3v) is 5.08. The van der Waals surface area contributed by atoms with E-state index in [1.165, 1.54) is 11.8 Å². The molecule has 0 aliphatic rings. The number of carboxylic acid groups (broad SMARTS) is 2. The minimum Gasteiger partial charge on any atom is -0.481 e. The quantitative estimate of drug-likeness (QED) is 0.152. The van der Waals surface area contributed by atoms with Gasteiger partial charge in [-0.3, -0.25) is 19.2 Å². The van der Waals surface area contributed by atoms with Crippen LogP contribution in [0, 0.1) is 5.92 Å². The van der Waals surface area contributed by atoms with E-state index in [4.69, 9.17) is 15.9 Å². The van der Waals surface area contributed by atoms with Gasteiger partial charge in [0.2, 0.25) is 17.7 Å². The highest BCUT2D eigenvalue weighted by Crippen LogP contribution is 2.05. The molecule has 0 aromatic heterocycles. The van der Waals surface area contributed by atoms with Crippen molar-refractivity contribution >= 4 is 54.1 Å². The summed E-state index contributed by atoms with van der Waals surface area (Å²) in [6.45, 7) is 3.50. The van der Waals surface area contributed by atoms with Crippen LogP contribution in [-0.2, 0) is 24.0 Å². The molecule has 0 saturated heterocycles. The summed E-state index contributed by atoms with van der Waals surface area (Å²) in [4.78, 5) is 59.2. The van der Waals surface area contributed by atoms with Crippen LogP contribution < -0.4 is 21.7 Å². The van der Waals surface area contributed by atoms with Gasteiger partial charge in [-0.1, -0.05) is 13.8 Å². The van der Waals surface area contributed by atoms with Crippen LogP contribution in [0.5, 0.6) is 0 Å². The number of amides is 3. The van der Waals surface area contributed by atoms with Crippen molar-refractivity contribution < 1.29 is 34.2 Å². The van der Waals surface area contributed by atoms with E-state index < -0.39 is 60.2 Å². The monoisotopic (exact) mass is 466 g/mol. The molecule has 7 N–H and O–H groups in total. The van der Waals surface area contributed by atoms with E-state index in [9.17, 15) is 24.0 Å². The molecule has 30 heavy (non-hydrogen) atoms. The predicted octanol–water partition coefficient (Wildman–Crippen LogP) is -1.33. The lowest BCUT2D eigenvalue weighted by atomic mass is 10.0. The number of carbonyl (C=O) groups excluding carboxylic acids is 3. The molecule has 0 aromatic carbocycles. The Hall–Kier alpha value is -1.99. The lowest BCUT2D eigenvalue weighted by Crippen LogP contribution is -2.58. The largest absolute Gasteiger partial charge is 0.481 e. The lowest BCUT2D eigenvalue weighted by Gasteiger charge is -2.24. The summed E-state index contributed by atoms with van der Waals surface area (Å²) in [6.07, 6.45) is 1.13. The van der Waals surface area contributed by atoms with Crippen molar-refractivity contribution in [1.82, 2.24) is 16.0 Å². The summed E-state index contributed by atoms with van der Waals surface area (Å²) in [6, 6.07) is -4.67. The molecule has 0 aliphatic carbocycles. The molecule has 0 radical (unpaired) electrons. The second-order valence-corrected chi connectivity index (χ2v) is 8.20. The average molecular weight is 467 g/mol. The number of aliphatic carboxylic acids is 2. The van der Waals surface area contributed by atoms with Gasteiger partial charge < -0.3 is 31.9 Å². The first-order valence-electron chi connectivity index (χ1n) is 9.15. The Morgan fingerprint density at radius 2 is 1.43 bits per heavy atom. The number of carboxylic acids is 2. The molecule has 4 unspecified atom stereocenters.